The van der Waals surface area contributed by atoms with E-state index in [4.69, 9.17) is 4.74 Å². The summed E-state index contributed by atoms with van der Waals surface area (Å²) in [6.07, 6.45) is -4.75. The highest BCUT2D eigenvalue weighted by Crippen LogP contribution is 2.30. The number of fused-ring (bicyclic) bond motifs is 1. The van der Waals surface area contributed by atoms with E-state index in [1.165, 1.54) is 37.4 Å². The number of halogens is 4. The van der Waals surface area contributed by atoms with E-state index < -0.39 is 12.2 Å². The van der Waals surface area contributed by atoms with Gasteiger partial charge in [-0.1, -0.05) is 36.4 Å². The number of H-pyrrole nitrogens is 1. The predicted molar refractivity (Wildman–Crippen MR) is 113 cm³/mol. The van der Waals surface area contributed by atoms with Crippen molar-refractivity contribution in [1.82, 2.24) is 4.98 Å². The van der Waals surface area contributed by atoms with Crippen molar-refractivity contribution in [2.75, 3.05) is 7.11 Å². The van der Waals surface area contributed by atoms with Gasteiger partial charge in [0.05, 0.1) is 12.6 Å². The molecule has 0 fully saturated rings. The highest BCUT2D eigenvalue weighted by Gasteiger charge is 2.31. The normalized spacial score (nSPS) is 11.6. The first-order valence-corrected chi connectivity index (χ1v) is 9.53. The molecule has 1 heterocycles. The number of aromatic amines is 1. The van der Waals surface area contributed by atoms with Crippen LogP contribution in [0.4, 0.5) is 17.6 Å². The first-order valence-electron chi connectivity index (χ1n) is 9.53. The lowest BCUT2D eigenvalue weighted by atomic mass is 9.98. The number of alkyl halides is 3. The Morgan fingerprint density at radius 2 is 1.44 bits per heavy atom. The lowest BCUT2D eigenvalue weighted by molar-refractivity contribution is -0.274. The fourth-order valence-corrected chi connectivity index (χ4v) is 3.60. The average Bonchev–Trinajstić information content (AvgIpc) is 2.74. The van der Waals surface area contributed by atoms with E-state index in [-0.39, 0.29) is 22.3 Å². The van der Waals surface area contributed by atoms with Gasteiger partial charge in [0.2, 0.25) is 0 Å². The molecule has 164 valence electrons. The number of pyridine rings is 1. The first kappa shape index (κ1) is 21.4. The Morgan fingerprint density at radius 1 is 0.875 bits per heavy atom. The molecule has 1 N–H and O–H groups in total. The van der Waals surface area contributed by atoms with Crippen LogP contribution in [0, 0.1) is 12.7 Å². The van der Waals surface area contributed by atoms with E-state index >= 15 is 0 Å². The van der Waals surface area contributed by atoms with Crippen LogP contribution in [0.5, 0.6) is 11.5 Å². The fraction of sp³-hybridized carbons (Fsp3) is 0.125. The molecule has 4 nitrogen and oxygen atoms in total. The molecule has 0 amide bonds. The molecule has 0 unspecified atom stereocenters. The van der Waals surface area contributed by atoms with Crippen molar-refractivity contribution in [2.45, 2.75) is 13.3 Å². The number of benzene rings is 3. The Kier molecular flexibility index (Phi) is 5.38. The van der Waals surface area contributed by atoms with Gasteiger partial charge in [-0.05, 0) is 41.8 Å². The van der Waals surface area contributed by atoms with Gasteiger partial charge in [0.1, 0.15) is 5.75 Å². The van der Waals surface area contributed by atoms with Crippen LogP contribution < -0.4 is 14.9 Å². The van der Waals surface area contributed by atoms with Gasteiger partial charge in [-0.25, -0.2) is 4.39 Å². The van der Waals surface area contributed by atoms with E-state index in [9.17, 15) is 22.4 Å². The molecular weight excluding hydrogens is 426 g/mol. The van der Waals surface area contributed by atoms with E-state index in [0.717, 1.165) is 11.6 Å². The molecule has 0 saturated carbocycles. The van der Waals surface area contributed by atoms with Crippen molar-refractivity contribution in [3.63, 3.8) is 0 Å². The Morgan fingerprint density at radius 3 is 2.00 bits per heavy atom. The molecule has 0 aliphatic heterocycles. The summed E-state index contributed by atoms with van der Waals surface area (Å²) < 4.78 is 59.9. The minimum atomic E-state index is -4.75. The molecule has 3 aromatic carbocycles. The fourth-order valence-electron chi connectivity index (χ4n) is 3.60. The van der Waals surface area contributed by atoms with Gasteiger partial charge >= 0.3 is 6.36 Å². The van der Waals surface area contributed by atoms with Crippen LogP contribution in [0.25, 0.3) is 33.2 Å². The number of ether oxygens (including phenoxy) is 2. The summed E-state index contributed by atoms with van der Waals surface area (Å²) in [4.78, 5) is 16.2. The lowest BCUT2D eigenvalue weighted by Crippen LogP contribution is -2.16. The van der Waals surface area contributed by atoms with Gasteiger partial charge in [0.25, 0.3) is 0 Å². The second-order valence-electron chi connectivity index (χ2n) is 7.14. The Labute approximate surface area is 180 Å². The number of aryl methyl sites for hydroxylation is 1. The smallest absolute Gasteiger partial charge is 0.494 e. The summed E-state index contributed by atoms with van der Waals surface area (Å²) >= 11 is 0. The number of rotatable bonds is 4. The molecular formula is C24H17F4NO3. The maximum atomic E-state index is 14.1. The summed E-state index contributed by atoms with van der Waals surface area (Å²) in [5, 5.41) is 0.202. The zero-order valence-electron chi connectivity index (χ0n) is 17.0. The largest absolute Gasteiger partial charge is 0.573 e. The van der Waals surface area contributed by atoms with Gasteiger partial charge in [-0.2, -0.15) is 0 Å². The van der Waals surface area contributed by atoms with Crippen molar-refractivity contribution < 1.29 is 27.0 Å². The molecule has 0 saturated heterocycles. The van der Waals surface area contributed by atoms with Crippen molar-refractivity contribution in [2.24, 2.45) is 0 Å². The number of hydrogen-bond donors (Lipinski definition) is 1. The third-order valence-corrected chi connectivity index (χ3v) is 5.06. The molecule has 4 rings (SSSR count). The van der Waals surface area contributed by atoms with Crippen LogP contribution in [0.2, 0.25) is 0 Å². The van der Waals surface area contributed by atoms with Gasteiger partial charge < -0.3 is 14.5 Å². The lowest BCUT2D eigenvalue weighted by Gasteiger charge is -2.11. The number of nitrogens with one attached hydrogen (secondary N) is 1. The first-order chi connectivity index (χ1) is 15.2. The van der Waals surface area contributed by atoms with Crippen molar-refractivity contribution in [1.29, 1.82) is 0 Å². The van der Waals surface area contributed by atoms with Crippen molar-refractivity contribution >= 4 is 10.9 Å². The standard InChI is InChI=1S/C24H17F4NO3/c1-13-22(23(30)18-11-19(25)21(31-2)12-20(18)29-13)16-5-3-14(4-6-16)15-7-9-17(10-8-15)32-24(26,27)28/h3-12H,1-2H3,(H,29,30). The molecule has 4 aromatic rings. The Hall–Kier alpha value is -3.81. The van der Waals surface area contributed by atoms with Gasteiger partial charge in [0.15, 0.2) is 17.0 Å². The molecule has 0 aliphatic rings. The van der Waals surface area contributed by atoms with Crippen LogP contribution in [-0.4, -0.2) is 18.5 Å². The predicted octanol–water partition coefficient (Wildman–Crippen LogP) is 6.22. The topological polar surface area (TPSA) is 51.3 Å². The van der Waals surface area contributed by atoms with Gasteiger partial charge in [-0.15, -0.1) is 13.2 Å². The highest BCUT2D eigenvalue weighted by molar-refractivity contribution is 5.86. The number of methoxy groups -OCH3 is 1. The molecule has 0 spiro atoms. The maximum Gasteiger partial charge on any atom is 0.573 e. The maximum absolute atomic E-state index is 14.1. The molecule has 32 heavy (non-hydrogen) atoms. The second kappa shape index (κ2) is 8.03. The Balaban J connectivity index is 1.69. The molecule has 0 aliphatic carbocycles. The SMILES string of the molecule is COc1cc2[nH]c(C)c(-c3ccc(-c4ccc(OC(F)(F)F)cc4)cc3)c(=O)c2cc1F. The summed E-state index contributed by atoms with van der Waals surface area (Å²) in [7, 11) is 1.35. The average molecular weight is 443 g/mol. The van der Waals surface area contributed by atoms with Crippen LogP contribution in [0.15, 0.2) is 65.5 Å². The van der Waals surface area contributed by atoms with Crippen LogP contribution in [-0.2, 0) is 0 Å². The zero-order chi connectivity index (χ0) is 23.0. The zero-order valence-corrected chi connectivity index (χ0v) is 17.0. The summed E-state index contributed by atoms with van der Waals surface area (Å²) in [6, 6.07) is 15.1. The molecule has 1 aromatic heterocycles. The summed E-state index contributed by atoms with van der Waals surface area (Å²) in [5.74, 6) is -0.898. The van der Waals surface area contributed by atoms with E-state index in [1.54, 1.807) is 31.2 Å². The van der Waals surface area contributed by atoms with E-state index in [0.29, 0.717) is 27.9 Å². The van der Waals surface area contributed by atoms with Gasteiger partial charge in [-0.3, -0.25) is 4.79 Å². The third-order valence-electron chi connectivity index (χ3n) is 5.06. The summed E-state index contributed by atoms with van der Waals surface area (Å²) in [5.41, 5.74) is 3.22. The number of aromatic nitrogens is 1. The molecule has 0 atom stereocenters. The second-order valence-corrected chi connectivity index (χ2v) is 7.14. The van der Waals surface area contributed by atoms with Crippen LogP contribution in [0.3, 0.4) is 0 Å². The quantitative estimate of drug-likeness (QED) is 0.381. The van der Waals surface area contributed by atoms with Crippen LogP contribution in [0.1, 0.15) is 5.69 Å². The minimum absolute atomic E-state index is 0.0382. The van der Waals surface area contributed by atoms with E-state index in [2.05, 4.69) is 9.72 Å². The molecule has 0 radical (unpaired) electrons. The van der Waals surface area contributed by atoms with Crippen molar-refractivity contribution in [3.05, 3.63) is 82.4 Å². The minimum Gasteiger partial charge on any atom is -0.494 e. The van der Waals surface area contributed by atoms with E-state index in [1.807, 2.05) is 0 Å². The molecule has 8 heteroatoms. The Bertz CT molecular complexity index is 1340. The summed E-state index contributed by atoms with van der Waals surface area (Å²) in [6.45, 7) is 1.75. The third kappa shape index (κ3) is 4.16. The highest BCUT2D eigenvalue weighted by atomic mass is 19.4. The molecule has 0 bridgehead atoms. The van der Waals surface area contributed by atoms with Gasteiger partial charge in [0, 0.05) is 22.7 Å². The van der Waals surface area contributed by atoms with Crippen LogP contribution >= 0.6 is 0 Å². The monoisotopic (exact) mass is 443 g/mol. The van der Waals surface area contributed by atoms with Crippen molar-refractivity contribution in [3.8, 4) is 33.8 Å². The number of hydrogen-bond acceptors (Lipinski definition) is 3.